The number of hydrogen-bond acceptors (Lipinski definition) is 5. The van der Waals surface area contributed by atoms with Gasteiger partial charge in [0.25, 0.3) is 5.69 Å². The van der Waals surface area contributed by atoms with Crippen LogP contribution in [0.15, 0.2) is 48.5 Å². The Hall–Kier alpha value is -3.23. The second-order valence-corrected chi connectivity index (χ2v) is 7.81. The Labute approximate surface area is 185 Å². The van der Waals surface area contributed by atoms with Gasteiger partial charge in [-0.25, -0.2) is 4.68 Å². The summed E-state index contributed by atoms with van der Waals surface area (Å²) in [4.78, 5) is 25.0. The molecule has 1 heterocycles. The molecule has 0 saturated heterocycles. The van der Waals surface area contributed by atoms with Crippen LogP contribution in [0, 0.1) is 24.0 Å². The van der Waals surface area contributed by atoms with Crippen molar-refractivity contribution in [1.82, 2.24) is 14.7 Å². The molecular formula is C22H24ClN5O3. The van der Waals surface area contributed by atoms with E-state index >= 15 is 0 Å². The standard InChI is InChI=1S/C22H24ClN5O3/c1-14-19(15(2)27(25-14)17-8-6-5-7-9-17)13-26(4)16(3)22(29)24-21-11-10-18(28(30)31)12-20(21)23/h5-12,16H,13H2,1-4H3,(H,24,29). The molecule has 1 unspecified atom stereocenters. The Bertz CT molecular complexity index is 1110. The van der Waals surface area contributed by atoms with Crippen LogP contribution in [0.1, 0.15) is 23.9 Å². The number of anilines is 1. The third-order valence-corrected chi connectivity index (χ3v) is 5.62. The number of nitrogens with one attached hydrogen (secondary N) is 1. The lowest BCUT2D eigenvalue weighted by atomic mass is 10.1. The first-order valence-corrected chi connectivity index (χ1v) is 10.1. The maximum Gasteiger partial charge on any atom is 0.271 e. The van der Waals surface area contributed by atoms with Crippen molar-refractivity contribution in [1.29, 1.82) is 0 Å². The molecule has 8 nitrogen and oxygen atoms in total. The van der Waals surface area contributed by atoms with E-state index in [1.165, 1.54) is 18.2 Å². The molecule has 1 amide bonds. The number of rotatable bonds is 7. The molecule has 0 aliphatic rings. The van der Waals surface area contributed by atoms with E-state index in [2.05, 4.69) is 10.4 Å². The van der Waals surface area contributed by atoms with Gasteiger partial charge in [-0.1, -0.05) is 29.8 Å². The van der Waals surface area contributed by atoms with Gasteiger partial charge in [0.05, 0.1) is 33.1 Å². The summed E-state index contributed by atoms with van der Waals surface area (Å²) in [5, 5.41) is 18.4. The number of halogens is 1. The summed E-state index contributed by atoms with van der Waals surface area (Å²) in [6.07, 6.45) is 0. The topological polar surface area (TPSA) is 93.3 Å². The summed E-state index contributed by atoms with van der Waals surface area (Å²) in [6.45, 7) is 6.29. The highest BCUT2D eigenvalue weighted by atomic mass is 35.5. The van der Waals surface area contributed by atoms with E-state index in [0.717, 1.165) is 22.6 Å². The molecule has 1 aromatic heterocycles. The summed E-state index contributed by atoms with van der Waals surface area (Å²) in [6, 6.07) is 13.4. The third-order valence-electron chi connectivity index (χ3n) is 5.31. The summed E-state index contributed by atoms with van der Waals surface area (Å²) in [5.41, 5.74) is 4.16. The molecule has 31 heavy (non-hydrogen) atoms. The van der Waals surface area contributed by atoms with E-state index in [1.54, 1.807) is 6.92 Å². The molecule has 1 atom stereocenters. The van der Waals surface area contributed by atoms with Gasteiger partial charge in [0.1, 0.15) is 0 Å². The number of aryl methyl sites for hydroxylation is 1. The Morgan fingerprint density at radius 1 is 1.26 bits per heavy atom. The SMILES string of the molecule is Cc1nn(-c2ccccc2)c(C)c1CN(C)C(C)C(=O)Nc1ccc([N+](=O)[O-])cc1Cl. The molecular weight excluding hydrogens is 418 g/mol. The third kappa shape index (κ3) is 4.92. The smallest absolute Gasteiger partial charge is 0.271 e. The van der Waals surface area contributed by atoms with Crippen LogP contribution in [0.5, 0.6) is 0 Å². The summed E-state index contributed by atoms with van der Waals surface area (Å²) in [7, 11) is 1.86. The zero-order chi connectivity index (χ0) is 22.7. The van der Waals surface area contributed by atoms with E-state index in [4.69, 9.17) is 11.6 Å². The predicted molar refractivity (Wildman–Crippen MR) is 121 cm³/mol. The first kappa shape index (κ1) is 22.5. The van der Waals surface area contributed by atoms with Crippen LogP contribution in [0.3, 0.4) is 0 Å². The number of aromatic nitrogens is 2. The number of likely N-dealkylation sites (N-methyl/N-ethyl adjacent to an activating group) is 1. The van der Waals surface area contributed by atoms with Gasteiger partial charge in [0.2, 0.25) is 5.91 Å². The second kappa shape index (κ2) is 9.28. The molecule has 162 valence electrons. The fourth-order valence-electron chi connectivity index (χ4n) is 3.27. The van der Waals surface area contributed by atoms with Gasteiger partial charge in [-0.3, -0.25) is 19.8 Å². The molecule has 0 saturated carbocycles. The number of carbonyl (C=O) groups excluding carboxylic acids is 1. The Kier molecular flexibility index (Phi) is 6.72. The highest BCUT2D eigenvalue weighted by Gasteiger charge is 2.22. The molecule has 9 heteroatoms. The quantitative estimate of drug-likeness (QED) is 0.430. The lowest BCUT2D eigenvalue weighted by Crippen LogP contribution is -2.39. The average molecular weight is 442 g/mol. The minimum Gasteiger partial charge on any atom is -0.323 e. The van der Waals surface area contributed by atoms with E-state index in [9.17, 15) is 14.9 Å². The van der Waals surface area contributed by atoms with Crippen molar-refractivity contribution >= 4 is 28.9 Å². The zero-order valence-corrected chi connectivity index (χ0v) is 18.6. The molecule has 0 spiro atoms. The van der Waals surface area contributed by atoms with Crippen LogP contribution in [-0.2, 0) is 11.3 Å². The largest absolute Gasteiger partial charge is 0.323 e. The minimum atomic E-state index is -0.534. The fourth-order valence-corrected chi connectivity index (χ4v) is 3.49. The number of nitrogens with zero attached hydrogens (tertiary/aromatic N) is 4. The van der Waals surface area contributed by atoms with Crippen molar-refractivity contribution in [3.05, 3.63) is 80.6 Å². The highest BCUT2D eigenvalue weighted by molar-refractivity contribution is 6.34. The average Bonchev–Trinajstić information content (AvgIpc) is 3.03. The fraction of sp³-hybridized carbons (Fsp3) is 0.273. The first-order chi connectivity index (χ1) is 14.7. The summed E-state index contributed by atoms with van der Waals surface area (Å²) < 4.78 is 1.90. The van der Waals surface area contributed by atoms with E-state index in [-0.39, 0.29) is 16.6 Å². The molecule has 1 N–H and O–H groups in total. The van der Waals surface area contributed by atoms with Crippen molar-refractivity contribution in [2.24, 2.45) is 0 Å². The van der Waals surface area contributed by atoms with Crippen molar-refractivity contribution in [2.75, 3.05) is 12.4 Å². The van der Waals surface area contributed by atoms with Crippen molar-refractivity contribution < 1.29 is 9.72 Å². The second-order valence-electron chi connectivity index (χ2n) is 7.40. The maximum atomic E-state index is 12.7. The van der Waals surface area contributed by atoms with Crippen LogP contribution in [0.4, 0.5) is 11.4 Å². The number of non-ortho nitro benzene ring substituents is 1. The number of carbonyl (C=O) groups is 1. The molecule has 3 aromatic rings. The molecule has 0 fully saturated rings. The molecule has 0 aliphatic heterocycles. The minimum absolute atomic E-state index is 0.119. The summed E-state index contributed by atoms with van der Waals surface area (Å²) in [5.74, 6) is -0.260. The van der Waals surface area contributed by atoms with Crippen molar-refractivity contribution in [2.45, 2.75) is 33.4 Å². The molecule has 2 aromatic carbocycles. The van der Waals surface area contributed by atoms with Gasteiger partial charge in [-0.2, -0.15) is 5.10 Å². The number of nitro benzene ring substituents is 1. The Morgan fingerprint density at radius 3 is 2.55 bits per heavy atom. The van der Waals surface area contributed by atoms with E-state index in [0.29, 0.717) is 12.2 Å². The van der Waals surface area contributed by atoms with Crippen LogP contribution < -0.4 is 5.32 Å². The van der Waals surface area contributed by atoms with Gasteiger partial charge in [0.15, 0.2) is 0 Å². The number of amides is 1. The Morgan fingerprint density at radius 2 is 1.94 bits per heavy atom. The molecule has 0 bridgehead atoms. The Balaban J connectivity index is 1.72. The van der Waals surface area contributed by atoms with Crippen LogP contribution in [-0.4, -0.2) is 38.6 Å². The van der Waals surface area contributed by atoms with E-state index < -0.39 is 11.0 Å². The highest BCUT2D eigenvalue weighted by Crippen LogP contribution is 2.27. The number of hydrogen-bond donors (Lipinski definition) is 1. The van der Waals surface area contributed by atoms with E-state index in [1.807, 2.05) is 60.8 Å². The molecule has 0 aliphatic carbocycles. The first-order valence-electron chi connectivity index (χ1n) is 9.74. The summed E-state index contributed by atoms with van der Waals surface area (Å²) >= 11 is 6.09. The lowest BCUT2D eigenvalue weighted by Gasteiger charge is -2.24. The van der Waals surface area contributed by atoms with Gasteiger partial charge >= 0.3 is 0 Å². The lowest BCUT2D eigenvalue weighted by molar-refractivity contribution is -0.384. The van der Waals surface area contributed by atoms with Crippen LogP contribution in [0.25, 0.3) is 5.69 Å². The number of para-hydroxylation sites is 1. The predicted octanol–water partition coefficient (Wildman–Crippen LogP) is 4.51. The van der Waals surface area contributed by atoms with Gasteiger partial charge in [-0.15, -0.1) is 0 Å². The van der Waals surface area contributed by atoms with Crippen LogP contribution in [0.2, 0.25) is 5.02 Å². The van der Waals surface area contributed by atoms with Gasteiger partial charge < -0.3 is 5.32 Å². The van der Waals surface area contributed by atoms with Gasteiger partial charge in [-0.05, 0) is 46.0 Å². The molecule has 3 rings (SSSR count). The van der Waals surface area contributed by atoms with Crippen molar-refractivity contribution in [3.8, 4) is 5.69 Å². The number of benzene rings is 2. The van der Waals surface area contributed by atoms with Crippen molar-refractivity contribution in [3.63, 3.8) is 0 Å². The number of nitro groups is 1. The maximum absolute atomic E-state index is 12.7. The monoisotopic (exact) mass is 441 g/mol. The normalized spacial score (nSPS) is 12.1. The van der Waals surface area contributed by atoms with Crippen LogP contribution >= 0.6 is 11.6 Å². The van der Waals surface area contributed by atoms with Gasteiger partial charge in [0, 0.05) is 29.9 Å². The zero-order valence-electron chi connectivity index (χ0n) is 17.8. The molecule has 0 radical (unpaired) electrons.